The summed E-state index contributed by atoms with van der Waals surface area (Å²) in [5.41, 5.74) is 1.23. The molecule has 3 nitrogen and oxygen atoms in total. The molecule has 1 fully saturated rings. The zero-order valence-corrected chi connectivity index (χ0v) is 10.7. The van der Waals surface area contributed by atoms with Crippen molar-refractivity contribution in [2.24, 2.45) is 0 Å². The molecule has 1 heterocycles. The average molecular weight is 247 g/mol. The quantitative estimate of drug-likeness (QED) is 0.751. The van der Waals surface area contributed by atoms with Crippen molar-refractivity contribution in [2.45, 2.75) is 25.5 Å². The van der Waals surface area contributed by atoms with E-state index in [-0.39, 0.29) is 0 Å². The molecule has 18 heavy (non-hydrogen) atoms. The molecule has 0 amide bonds. The van der Waals surface area contributed by atoms with Crippen LogP contribution in [0.4, 0.5) is 0 Å². The maximum atomic E-state index is 5.57. The molecule has 1 atom stereocenters. The second-order valence-electron chi connectivity index (χ2n) is 4.51. The summed E-state index contributed by atoms with van der Waals surface area (Å²) >= 11 is 0. The smallest absolute Gasteiger partial charge is 0.120 e. The molecule has 3 heteroatoms. The number of ether oxygens (including phenoxy) is 2. The maximum absolute atomic E-state index is 5.57. The lowest BCUT2D eigenvalue weighted by Crippen LogP contribution is -2.25. The zero-order valence-electron chi connectivity index (χ0n) is 10.7. The summed E-state index contributed by atoms with van der Waals surface area (Å²) in [7, 11) is 0. The highest BCUT2D eigenvalue weighted by Crippen LogP contribution is 2.14. The van der Waals surface area contributed by atoms with E-state index in [0.717, 1.165) is 25.4 Å². The minimum absolute atomic E-state index is 0.394. The molecule has 0 aliphatic carbocycles. The molecule has 1 aromatic rings. The first-order valence-corrected chi connectivity index (χ1v) is 6.53. The Balaban J connectivity index is 1.75. The van der Waals surface area contributed by atoms with Gasteiger partial charge in [0.2, 0.25) is 0 Å². The van der Waals surface area contributed by atoms with E-state index < -0.39 is 0 Å². The summed E-state index contributed by atoms with van der Waals surface area (Å²) in [6.45, 7) is 6.88. The molecule has 0 unspecified atom stereocenters. The Kier molecular flexibility index (Phi) is 5.24. The predicted octanol–water partition coefficient (Wildman–Crippen LogP) is 2.52. The van der Waals surface area contributed by atoms with Crippen LogP contribution in [0.25, 0.3) is 0 Å². The molecule has 0 radical (unpaired) electrons. The first-order chi connectivity index (χ1) is 8.88. The number of hydrogen-bond acceptors (Lipinski definition) is 3. The van der Waals surface area contributed by atoms with Crippen LogP contribution in [0, 0.1) is 0 Å². The van der Waals surface area contributed by atoms with Crippen LogP contribution in [0.3, 0.4) is 0 Å². The maximum Gasteiger partial charge on any atom is 0.120 e. The van der Waals surface area contributed by atoms with Gasteiger partial charge in [-0.1, -0.05) is 24.8 Å². The highest BCUT2D eigenvalue weighted by Gasteiger charge is 2.14. The summed E-state index contributed by atoms with van der Waals surface area (Å²) < 4.78 is 11.1. The molecule has 0 spiro atoms. The Hall–Kier alpha value is -1.32. The van der Waals surface area contributed by atoms with E-state index in [1.54, 1.807) is 6.08 Å². The summed E-state index contributed by atoms with van der Waals surface area (Å²) in [6.07, 6.45) is 4.51. The van der Waals surface area contributed by atoms with Crippen LogP contribution >= 0.6 is 0 Å². The van der Waals surface area contributed by atoms with Gasteiger partial charge in [0.15, 0.2) is 0 Å². The number of hydrogen-bond donors (Lipinski definition) is 1. The molecular formula is C15H21NO2. The lowest BCUT2D eigenvalue weighted by atomic mass is 10.2. The molecule has 1 aliphatic heterocycles. The molecule has 1 aromatic carbocycles. The van der Waals surface area contributed by atoms with E-state index in [0.29, 0.717) is 12.7 Å². The lowest BCUT2D eigenvalue weighted by molar-refractivity contribution is 0.110. The van der Waals surface area contributed by atoms with E-state index in [1.807, 2.05) is 12.1 Å². The van der Waals surface area contributed by atoms with E-state index >= 15 is 0 Å². The minimum atomic E-state index is 0.394. The lowest BCUT2D eigenvalue weighted by Gasteiger charge is -2.11. The Labute approximate surface area is 109 Å². The molecule has 0 saturated carbocycles. The van der Waals surface area contributed by atoms with Gasteiger partial charge in [-0.3, -0.25) is 0 Å². The second kappa shape index (κ2) is 7.19. The summed E-state index contributed by atoms with van der Waals surface area (Å²) in [4.78, 5) is 0. The van der Waals surface area contributed by atoms with Gasteiger partial charge in [-0.2, -0.15) is 0 Å². The van der Waals surface area contributed by atoms with Gasteiger partial charge in [0.05, 0.1) is 6.10 Å². The van der Waals surface area contributed by atoms with Gasteiger partial charge in [-0.15, -0.1) is 0 Å². The average Bonchev–Trinajstić information content (AvgIpc) is 2.90. The molecule has 98 valence electrons. The van der Waals surface area contributed by atoms with Gasteiger partial charge >= 0.3 is 0 Å². The predicted molar refractivity (Wildman–Crippen MR) is 72.8 cm³/mol. The summed E-state index contributed by atoms with van der Waals surface area (Å²) in [6, 6.07) is 8.14. The molecular weight excluding hydrogens is 226 g/mol. The van der Waals surface area contributed by atoms with Crippen LogP contribution in [0.2, 0.25) is 0 Å². The third kappa shape index (κ3) is 4.17. The van der Waals surface area contributed by atoms with Crippen molar-refractivity contribution in [3.05, 3.63) is 42.5 Å². The fourth-order valence-electron chi connectivity index (χ4n) is 2.08. The van der Waals surface area contributed by atoms with E-state index in [1.165, 1.54) is 18.4 Å². The van der Waals surface area contributed by atoms with Gasteiger partial charge in [-0.05, 0) is 30.5 Å². The van der Waals surface area contributed by atoms with Crippen molar-refractivity contribution in [2.75, 3.05) is 19.8 Å². The molecule has 1 N–H and O–H groups in total. The van der Waals surface area contributed by atoms with E-state index in [4.69, 9.17) is 9.47 Å². The number of rotatable bonds is 7. The fourth-order valence-corrected chi connectivity index (χ4v) is 2.08. The highest BCUT2D eigenvalue weighted by atomic mass is 16.5. The largest absolute Gasteiger partial charge is 0.490 e. The van der Waals surface area contributed by atoms with Crippen molar-refractivity contribution >= 4 is 0 Å². The van der Waals surface area contributed by atoms with Gasteiger partial charge in [0.1, 0.15) is 12.4 Å². The van der Waals surface area contributed by atoms with Gasteiger partial charge < -0.3 is 14.8 Å². The molecule has 1 aliphatic rings. The Morgan fingerprint density at radius 3 is 3.22 bits per heavy atom. The Morgan fingerprint density at radius 1 is 1.50 bits per heavy atom. The fraction of sp³-hybridized carbons (Fsp3) is 0.467. The van der Waals surface area contributed by atoms with E-state index in [2.05, 4.69) is 24.0 Å². The molecule has 0 bridgehead atoms. The monoisotopic (exact) mass is 247 g/mol. The molecule has 1 saturated heterocycles. The van der Waals surface area contributed by atoms with Crippen LogP contribution in [0.5, 0.6) is 5.75 Å². The highest BCUT2D eigenvalue weighted by molar-refractivity contribution is 5.28. The number of benzene rings is 1. The third-order valence-corrected chi connectivity index (χ3v) is 2.99. The van der Waals surface area contributed by atoms with Crippen LogP contribution in [-0.4, -0.2) is 25.9 Å². The number of nitrogens with one attached hydrogen (secondary N) is 1. The molecule has 0 aromatic heterocycles. The summed E-state index contributed by atoms with van der Waals surface area (Å²) in [5, 5.41) is 3.43. The first kappa shape index (κ1) is 13.1. The van der Waals surface area contributed by atoms with E-state index in [9.17, 15) is 0 Å². The van der Waals surface area contributed by atoms with Gasteiger partial charge in [-0.25, -0.2) is 0 Å². The minimum Gasteiger partial charge on any atom is -0.490 e. The van der Waals surface area contributed by atoms with Crippen molar-refractivity contribution < 1.29 is 9.47 Å². The Morgan fingerprint density at radius 2 is 2.44 bits per heavy atom. The van der Waals surface area contributed by atoms with Crippen LogP contribution in [0.1, 0.15) is 18.4 Å². The third-order valence-electron chi connectivity index (χ3n) is 2.99. The summed E-state index contributed by atoms with van der Waals surface area (Å²) in [5.74, 6) is 0.895. The van der Waals surface area contributed by atoms with Crippen molar-refractivity contribution in [3.8, 4) is 5.75 Å². The topological polar surface area (TPSA) is 30.5 Å². The van der Waals surface area contributed by atoms with Crippen LogP contribution in [0.15, 0.2) is 36.9 Å². The van der Waals surface area contributed by atoms with Crippen LogP contribution < -0.4 is 10.1 Å². The van der Waals surface area contributed by atoms with Crippen molar-refractivity contribution in [1.29, 1.82) is 0 Å². The first-order valence-electron chi connectivity index (χ1n) is 6.53. The zero-order chi connectivity index (χ0) is 12.6. The van der Waals surface area contributed by atoms with Crippen LogP contribution in [-0.2, 0) is 11.3 Å². The van der Waals surface area contributed by atoms with Crippen molar-refractivity contribution in [3.63, 3.8) is 0 Å². The Bertz CT molecular complexity index is 373. The van der Waals surface area contributed by atoms with Gasteiger partial charge in [0.25, 0.3) is 0 Å². The van der Waals surface area contributed by atoms with Gasteiger partial charge in [0, 0.05) is 19.7 Å². The second-order valence-corrected chi connectivity index (χ2v) is 4.51. The SMILES string of the molecule is C=CCOc1cccc(CNC[C@H]2CCCO2)c1. The standard InChI is InChI=1S/C15H21NO2/c1-2-8-17-14-6-3-5-13(10-14)11-16-12-15-7-4-9-18-15/h2-3,5-6,10,15-16H,1,4,7-9,11-12H2/t15-/m1/s1. The van der Waals surface area contributed by atoms with Crippen molar-refractivity contribution in [1.82, 2.24) is 5.32 Å². The molecule has 2 rings (SSSR count). The normalized spacial score (nSPS) is 18.8.